The summed E-state index contributed by atoms with van der Waals surface area (Å²) in [5.41, 5.74) is 1.13. The molecular weight excluding hydrogens is 491 g/mol. The number of rotatable bonds is 6. The van der Waals surface area contributed by atoms with Gasteiger partial charge in [-0.05, 0) is 44.7 Å². The highest BCUT2D eigenvalue weighted by Crippen LogP contribution is 2.23. The predicted molar refractivity (Wildman–Crippen MR) is 133 cm³/mol. The van der Waals surface area contributed by atoms with Crippen molar-refractivity contribution in [2.75, 3.05) is 45.9 Å². The van der Waals surface area contributed by atoms with E-state index in [1.807, 2.05) is 24.1 Å². The molecule has 2 aliphatic rings. The molecule has 2 fully saturated rings. The molecule has 2 atom stereocenters. The van der Waals surface area contributed by atoms with Gasteiger partial charge in [0.2, 0.25) is 0 Å². The third-order valence-electron chi connectivity index (χ3n) is 6.28. The summed E-state index contributed by atoms with van der Waals surface area (Å²) < 4.78 is 7.86. The Labute approximate surface area is 199 Å². The average molecular weight is 533 g/mol. The van der Waals surface area contributed by atoms with E-state index in [0.717, 1.165) is 43.6 Å². The summed E-state index contributed by atoms with van der Waals surface area (Å²) in [5, 5.41) is 7.82. The van der Waals surface area contributed by atoms with Gasteiger partial charge in [-0.15, -0.1) is 24.0 Å². The Morgan fingerprint density at radius 2 is 2.03 bits per heavy atom. The van der Waals surface area contributed by atoms with Gasteiger partial charge < -0.3 is 15.0 Å². The number of hydrogen-bond donors (Lipinski definition) is 1. The molecule has 2 unspecified atom stereocenters. The lowest BCUT2D eigenvalue weighted by atomic mass is 9.94. The van der Waals surface area contributed by atoms with Gasteiger partial charge in [0.25, 0.3) is 0 Å². The number of guanidine groups is 1. The first-order valence-corrected chi connectivity index (χ1v) is 11.3. The second kappa shape index (κ2) is 12.2. The van der Waals surface area contributed by atoms with Crippen LogP contribution in [0.25, 0.3) is 0 Å². The summed E-state index contributed by atoms with van der Waals surface area (Å²) in [5.74, 6) is 2.47. The predicted octanol–water partition coefficient (Wildman–Crippen LogP) is 3.13. The second-order valence-corrected chi connectivity index (χ2v) is 8.98. The van der Waals surface area contributed by atoms with E-state index in [1.165, 1.54) is 25.9 Å². The Hall–Kier alpha value is -0.870. The Balaban J connectivity index is 0.00000320. The number of morpholine rings is 1. The molecule has 30 heavy (non-hydrogen) atoms. The zero-order valence-electron chi connectivity index (χ0n) is 19.4. The molecule has 1 aromatic heterocycles. The van der Waals surface area contributed by atoms with Crippen molar-refractivity contribution in [1.82, 2.24) is 24.9 Å². The normalized spacial score (nSPS) is 22.8. The largest absolute Gasteiger partial charge is 0.370 e. The number of piperidine rings is 1. The molecule has 3 rings (SSSR count). The average Bonchev–Trinajstić information content (AvgIpc) is 3.15. The maximum atomic E-state index is 6.02. The van der Waals surface area contributed by atoms with Crippen molar-refractivity contribution in [3.8, 4) is 0 Å². The highest BCUT2D eigenvalue weighted by molar-refractivity contribution is 14.0. The molecule has 0 aliphatic carbocycles. The van der Waals surface area contributed by atoms with Crippen molar-refractivity contribution in [3.63, 3.8) is 0 Å². The highest BCUT2D eigenvalue weighted by atomic mass is 127. The lowest BCUT2D eigenvalue weighted by Gasteiger charge is -2.39. The second-order valence-electron chi connectivity index (χ2n) is 8.98. The minimum Gasteiger partial charge on any atom is -0.370 e. The number of hydrogen-bond acceptors (Lipinski definition) is 4. The minimum atomic E-state index is 0. The van der Waals surface area contributed by atoms with Crippen molar-refractivity contribution in [3.05, 3.63) is 18.0 Å². The van der Waals surface area contributed by atoms with Crippen LogP contribution >= 0.6 is 24.0 Å². The van der Waals surface area contributed by atoms with E-state index in [2.05, 4.69) is 47.9 Å². The number of nitrogens with one attached hydrogen (secondary N) is 1. The summed E-state index contributed by atoms with van der Waals surface area (Å²) in [6, 6.07) is 0.506. The molecule has 1 aromatic rings. The zero-order chi connectivity index (χ0) is 20.8. The Morgan fingerprint density at radius 1 is 1.30 bits per heavy atom. The number of aryl methyl sites for hydroxylation is 1. The molecule has 8 heteroatoms. The van der Waals surface area contributed by atoms with Crippen LogP contribution in [0, 0.1) is 11.8 Å². The van der Waals surface area contributed by atoms with Gasteiger partial charge in [0.15, 0.2) is 5.96 Å². The van der Waals surface area contributed by atoms with Crippen LogP contribution in [-0.2, 0) is 11.8 Å². The van der Waals surface area contributed by atoms with Crippen molar-refractivity contribution < 1.29 is 4.74 Å². The van der Waals surface area contributed by atoms with Gasteiger partial charge in [0.05, 0.1) is 25.9 Å². The maximum Gasteiger partial charge on any atom is 0.194 e. The van der Waals surface area contributed by atoms with E-state index in [0.29, 0.717) is 18.6 Å². The van der Waals surface area contributed by atoms with Crippen LogP contribution in [-0.4, -0.2) is 77.5 Å². The molecule has 3 heterocycles. The van der Waals surface area contributed by atoms with Crippen molar-refractivity contribution in [2.45, 2.75) is 52.7 Å². The summed E-state index contributed by atoms with van der Waals surface area (Å²) in [6.45, 7) is 15.7. The standard InChI is InChI=1S/C22H40N6O.HI/c1-6-23-22(24-14-20(17(2)3)27-9-7-18(4)8-10-27)28-11-12-29-21(16-28)19-13-25-26(5)15-19;/h13,15,17-18,20-21H,6-12,14,16H2,1-5H3,(H,23,24);1H. The van der Waals surface area contributed by atoms with Gasteiger partial charge in [0, 0.05) is 37.9 Å². The summed E-state index contributed by atoms with van der Waals surface area (Å²) in [6.07, 6.45) is 6.62. The fourth-order valence-corrected chi connectivity index (χ4v) is 4.36. The maximum absolute atomic E-state index is 6.02. The van der Waals surface area contributed by atoms with Gasteiger partial charge >= 0.3 is 0 Å². The molecule has 0 spiro atoms. The molecule has 1 N–H and O–H groups in total. The summed E-state index contributed by atoms with van der Waals surface area (Å²) >= 11 is 0. The molecular formula is C22H41IN6O. The first-order chi connectivity index (χ1) is 14.0. The molecule has 2 aliphatic heterocycles. The lowest BCUT2D eigenvalue weighted by molar-refractivity contribution is -0.00812. The number of likely N-dealkylation sites (tertiary alicyclic amines) is 1. The van der Waals surface area contributed by atoms with Crippen LogP contribution in [0.2, 0.25) is 0 Å². The smallest absolute Gasteiger partial charge is 0.194 e. The highest BCUT2D eigenvalue weighted by Gasteiger charge is 2.28. The minimum absolute atomic E-state index is 0. The SMILES string of the molecule is CCNC(=NCC(C(C)C)N1CCC(C)CC1)N1CCOC(c2cnn(C)c2)C1.I. The van der Waals surface area contributed by atoms with Gasteiger partial charge in [-0.2, -0.15) is 5.10 Å². The van der Waals surface area contributed by atoms with Gasteiger partial charge in [0.1, 0.15) is 6.10 Å². The number of aliphatic imine (C=N–C) groups is 1. The van der Waals surface area contributed by atoms with E-state index < -0.39 is 0 Å². The Morgan fingerprint density at radius 3 is 2.63 bits per heavy atom. The fourth-order valence-electron chi connectivity index (χ4n) is 4.36. The molecule has 0 amide bonds. The third kappa shape index (κ3) is 6.82. The number of nitrogens with zero attached hydrogens (tertiary/aromatic N) is 5. The molecule has 172 valence electrons. The first kappa shape index (κ1) is 25.4. The molecule has 7 nitrogen and oxygen atoms in total. The van der Waals surface area contributed by atoms with Crippen LogP contribution < -0.4 is 5.32 Å². The van der Waals surface area contributed by atoms with Crippen LogP contribution in [0.1, 0.15) is 52.2 Å². The van der Waals surface area contributed by atoms with Crippen LogP contribution in [0.3, 0.4) is 0 Å². The van der Waals surface area contributed by atoms with Gasteiger partial charge in [-0.25, -0.2) is 0 Å². The Kier molecular flexibility index (Phi) is 10.4. The Bertz CT molecular complexity index is 656. The monoisotopic (exact) mass is 532 g/mol. The topological polar surface area (TPSA) is 57.9 Å². The van der Waals surface area contributed by atoms with E-state index in [-0.39, 0.29) is 30.1 Å². The van der Waals surface area contributed by atoms with Crippen LogP contribution in [0.15, 0.2) is 17.4 Å². The van der Waals surface area contributed by atoms with Gasteiger partial charge in [-0.1, -0.05) is 20.8 Å². The van der Waals surface area contributed by atoms with Crippen molar-refractivity contribution >= 4 is 29.9 Å². The van der Waals surface area contributed by atoms with E-state index >= 15 is 0 Å². The van der Waals surface area contributed by atoms with Crippen molar-refractivity contribution in [2.24, 2.45) is 23.9 Å². The van der Waals surface area contributed by atoms with E-state index in [4.69, 9.17) is 9.73 Å². The van der Waals surface area contributed by atoms with E-state index in [1.54, 1.807) is 0 Å². The zero-order valence-corrected chi connectivity index (χ0v) is 21.7. The number of aromatic nitrogens is 2. The quantitative estimate of drug-likeness (QED) is 0.347. The molecule has 0 aromatic carbocycles. The fraction of sp³-hybridized carbons (Fsp3) is 0.818. The van der Waals surface area contributed by atoms with Crippen molar-refractivity contribution in [1.29, 1.82) is 0 Å². The number of halogens is 1. The summed E-state index contributed by atoms with van der Waals surface area (Å²) in [4.78, 5) is 10.1. The lowest BCUT2D eigenvalue weighted by Crippen LogP contribution is -2.49. The van der Waals surface area contributed by atoms with Gasteiger partial charge in [-0.3, -0.25) is 14.6 Å². The first-order valence-electron chi connectivity index (χ1n) is 11.3. The van der Waals surface area contributed by atoms with Crippen LogP contribution in [0.5, 0.6) is 0 Å². The third-order valence-corrected chi connectivity index (χ3v) is 6.28. The molecule has 0 bridgehead atoms. The number of ether oxygens (including phenoxy) is 1. The van der Waals surface area contributed by atoms with Crippen LogP contribution in [0.4, 0.5) is 0 Å². The summed E-state index contributed by atoms with van der Waals surface area (Å²) in [7, 11) is 1.95. The molecule has 0 saturated carbocycles. The van der Waals surface area contributed by atoms with E-state index in [9.17, 15) is 0 Å². The molecule has 2 saturated heterocycles. The molecule has 0 radical (unpaired) electrons.